The van der Waals surface area contributed by atoms with Gasteiger partial charge >= 0.3 is 5.97 Å². The van der Waals surface area contributed by atoms with Crippen LogP contribution in [0.4, 0.5) is 4.39 Å². The number of thiophene rings is 1. The number of hydrogen-bond donors (Lipinski definition) is 0. The molecule has 2 aromatic carbocycles. The molecule has 0 fully saturated rings. The topological polar surface area (TPSA) is 44.1 Å². The highest BCUT2D eigenvalue weighted by Gasteiger charge is 2.24. The molecule has 0 aliphatic heterocycles. The third-order valence-corrected chi connectivity index (χ3v) is 5.96. The van der Waals surface area contributed by atoms with Crippen LogP contribution in [0, 0.1) is 5.82 Å². The van der Waals surface area contributed by atoms with E-state index >= 15 is 0 Å². The van der Waals surface area contributed by atoms with Crippen molar-refractivity contribution in [3.05, 3.63) is 98.9 Å². The summed E-state index contributed by atoms with van der Waals surface area (Å²) in [5.41, 5.74) is 2.07. The van der Waals surface area contributed by atoms with Crippen LogP contribution in [-0.4, -0.2) is 15.5 Å². The molecule has 0 saturated carbocycles. The number of nitrogens with zero attached hydrogens (tertiary/aromatic N) is 2. The zero-order valence-electron chi connectivity index (χ0n) is 15.5. The van der Waals surface area contributed by atoms with Crippen molar-refractivity contribution in [1.82, 2.24) is 9.55 Å². The van der Waals surface area contributed by atoms with Crippen LogP contribution in [-0.2, 0) is 11.3 Å². The fraction of sp³-hybridized carbons (Fsp3) is 0.0909. The van der Waals surface area contributed by atoms with E-state index in [0.29, 0.717) is 32.6 Å². The SMILES string of the molecule is O=C(OC(Cn1ccnc1)c1ccc(Cl)cc1Cl)c1sccc1-c1ccc(F)cc1. The lowest BCUT2D eigenvalue weighted by atomic mass is 10.1. The number of carbonyl (C=O) groups is 1. The van der Waals surface area contributed by atoms with Gasteiger partial charge in [0.15, 0.2) is 0 Å². The first kappa shape index (κ1) is 20.6. The van der Waals surface area contributed by atoms with Crippen LogP contribution >= 0.6 is 34.5 Å². The molecule has 4 nitrogen and oxygen atoms in total. The molecule has 0 aliphatic carbocycles. The number of aromatic nitrogens is 2. The normalized spacial score (nSPS) is 12.0. The lowest BCUT2D eigenvalue weighted by Gasteiger charge is -2.20. The Hall–Kier alpha value is -2.67. The van der Waals surface area contributed by atoms with Crippen molar-refractivity contribution in [3.8, 4) is 11.1 Å². The molecule has 0 N–H and O–H groups in total. The van der Waals surface area contributed by atoms with Crippen LogP contribution in [0.25, 0.3) is 11.1 Å². The van der Waals surface area contributed by atoms with Gasteiger partial charge in [0.25, 0.3) is 0 Å². The first-order valence-corrected chi connectivity index (χ1v) is 10.6. The Morgan fingerprint density at radius 1 is 1.17 bits per heavy atom. The van der Waals surface area contributed by atoms with Gasteiger partial charge in [-0.2, -0.15) is 0 Å². The number of halogens is 3. The average Bonchev–Trinajstić information content (AvgIpc) is 3.40. The average molecular weight is 461 g/mol. The maximum atomic E-state index is 13.3. The summed E-state index contributed by atoms with van der Waals surface area (Å²) in [5, 5.41) is 2.70. The molecule has 0 saturated heterocycles. The van der Waals surface area contributed by atoms with Crippen LogP contribution in [0.15, 0.2) is 72.6 Å². The number of carbonyl (C=O) groups excluding carboxylic acids is 1. The maximum absolute atomic E-state index is 13.3. The van der Waals surface area contributed by atoms with E-state index in [2.05, 4.69) is 4.98 Å². The molecular formula is C22H15Cl2FN2O2S. The Bertz CT molecular complexity index is 1160. The molecule has 2 aromatic heterocycles. The van der Waals surface area contributed by atoms with E-state index in [-0.39, 0.29) is 5.82 Å². The van der Waals surface area contributed by atoms with E-state index in [1.165, 1.54) is 23.5 Å². The molecule has 0 spiro atoms. The molecule has 0 bridgehead atoms. The maximum Gasteiger partial charge on any atom is 0.349 e. The lowest BCUT2D eigenvalue weighted by Crippen LogP contribution is -2.17. The predicted octanol–water partition coefficient (Wildman–Crippen LogP) is 6.66. The first-order valence-electron chi connectivity index (χ1n) is 8.96. The van der Waals surface area contributed by atoms with E-state index < -0.39 is 12.1 Å². The van der Waals surface area contributed by atoms with Crippen molar-refractivity contribution in [1.29, 1.82) is 0 Å². The summed E-state index contributed by atoms with van der Waals surface area (Å²) in [6.07, 6.45) is 4.41. The van der Waals surface area contributed by atoms with Crippen molar-refractivity contribution in [2.45, 2.75) is 12.6 Å². The van der Waals surface area contributed by atoms with Gasteiger partial charge in [0.1, 0.15) is 16.8 Å². The molecule has 2 heterocycles. The summed E-state index contributed by atoms with van der Waals surface area (Å²) in [4.78, 5) is 17.5. The van der Waals surface area contributed by atoms with Crippen molar-refractivity contribution in [2.24, 2.45) is 0 Å². The van der Waals surface area contributed by atoms with Gasteiger partial charge in [-0.05, 0) is 41.3 Å². The Morgan fingerprint density at radius 3 is 2.67 bits per heavy atom. The first-order chi connectivity index (χ1) is 14.5. The number of ether oxygens (including phenoxy) is 1. The molecule has 1 unspecified atom stereocenters. The minimum absolute atomic E-state index is 0.337. The predicted molar refractivity (Wildman–Crippen MR) is 117 cm³/mol. The monoisotopic (exact) mass is 460 g/mol. The Labute approximate surface area is 186 Å². The van der Waals surface area contributed by atoms with E-state index in [1.54, 1.807) is 59.0 Å². The van der Waals surface area contributed by atoms with Crippen LogP contribution in [0.1, 0.15) is 21.3 Å². The Kier molecular flexibility index (Phi) is 6.18. The van der Waals surface area contributed by atoms with Crippen LogP contribution in [0.5, 0.6) is 0 Å². The molecule has 30 heavy (non-hydrogen) atoms. The van der Waals surface area contributed by atoms with Gasteiger partial charge in [0.05, 0.1) is 12.9 Å². The standard InChI is InChI=1S/C22H15Cl2FN2O2S/c23-15-3-6-18(19(24)11-15)20(12-27-9-8-26-13-27)29-22(28)21-17(7-10-30-21)14-1-4-16(25)5-2-14/h1-11,13,20H,12H2. The van der Waals surface area contributed by atoms with Crippen molar-refractivity contribution >= 4 is 40.5 Å². The number of imidazole rings is 1. The molecule has 4 aromatic rings. The summed E-state index contributed by atoms with van der Waals surface area (Å²) >= 11 is 13.7. The van der Waals surface area contributed by atoms with Gasteiger partial charge in [0, 0.05) is 33.6 Å². The van der Waals surface area contributed by atoms with Gasteiger partial charge in [-0.25, -0.2) is 14.2 Å². The number of hydrogen-bond acceptors (Lipinski definition) is 4. The highest BCUT2D eigenvalue weighted by Crippen LogP contribution is 2.33. The minimum atomic E-state index is -0.653. The molecular weight excluding hydrogens is 446 g/mol. The van der Waals surface area contributed by atoms with E-state index in [4.69, 9.17) is 27.9 Å². The molecule has 0 radical (unpaired) electrons. The summed E-state index contributed by atoms with van der Waals surface area (Å²) in [5.74, 6) is -0.823. The highest BCUT2D eigenvalue weighted by molar-refractivity contribution is 7.12. The summed E-state index contributed by atoms with van der Waals surface area (Å²) in [6, 6.07) is 12.9. The van der Waals surface area contributed by atoms with E-state index in [0.717, 1.165) is 5.56 Å². The van der Waals surface area contributed by atoms with Crippen molar-refractivity contribution in [2.75, 3.05) is 0 Å². The van der Waals surface area contributed by atoms with Crippen LogP contribution in [0.2, 0.25) is 10.0 Å². The number of esters is 1. The van der Waals surface area contributed by atoms with Gasteiger partial charge in [-0.1, -0.05) is 41.4 Å². The number of rotatable bonds is 6. The van der Waals surface area contributed by atoms with Gasteiger partial charge in [0.2, 0.25) is 0 Å². The lowest BCUT2D eigenvalue weighted by molar-refractivity contribution is 0.0262. The summed E-state index contributed by atoms with van der Waals surface area (Å²) < 4.78 is 21.0. The quantitative estimate of drug-likeness (QED) is 0.302. The molecule has 0 amide bonds. The second kappa shape index (κ2) is 9.00. The second-order valence-corrected chi connectivity index (χ2v) is 8.25. The third kappa shape index (κ3) is 4.56. The summed E-state index contributed by atoms with van der Waals surface area (Å²) in [6.45, 7) is 0.338. The van der Waals surface area contributed by atoms with Gasteiger partial charge in [-0.3, -0.25) is 0 Å². The smallest absolute Gasteiger partial charge is 0.349 e. The zero-order chi connectivity index (χ0) is 21.1. The van der Waals surface area contributed by atoms with Gasteiger partial charge in [-0.15, -0.1) is 11.3 Å². The van der Waals surface area contributed by atoms with E-state index in [1.807, 2.05) is 6.07 Å². The second-order valence-electron chi connectivity index (χ2n) is 6.49. The van der Waals surface area contributed by atoms with E-state index in [9.17, 15) is 9.18 Å². The van der Waals surface area contributed by atoms with Crippen molar-refractivity contribution < 1.29 is 13.9 Å². The molecule has 1 atom stereocenters. The Balaban J connectivity index is 1.64. The zero-order valence-corrected chi connectivity index (χ0v) is 17.8. The highest BCUT2D eigenvalue weighted by atomic mass is 35.5. The molecule has 8 heteroatoms. The van der Waals surface area contributed by atoms with Crippen LogP contribution < -0.4 is 0 Å². The largest absolute Gasteiger partial charge is 0.451 e. The summed E-state index contributed by atoms with van der Waals surface area (Å²) in [7, 11) is 0. The third-order valence-electron chi connectivity index (χ3n) is 4.50. The van der Waals surface area contributed by atoms with Gasteiger partial charge < -0.3 is 9.30 Å². The fourth-order valence-corrected chi connectivity index (χ4v) is 4.38. The molecule has 0 aliphatic rings. The van der Waals surface area contributed by atoms with Crippen LogP contribution in [0.3, 0.4) is 0 Å². The molecule has 152 valence electrons. The van der Waals surface area contributed by atoms with Crippen molar-refractivity contribution in [3.63, 3.8) is 0 Å². The fourth-order valence-electron chi connectivity index (χ4n) is 3.05. The molecule has 4 rings (SSSR count). The minimum Gasteiger partial charge on any atom is -0.451 e. The number of benzene rings is 2. The Morgan fingerprint density at radius 2 is 1.97 bits per heavy atom.